The van der Waals surface area contributed by atoms with E-state index < -0.39 is 5.97 Å². The van der Waals surface area contributed by atoms with Gasteiger partial charge in [-0.2, -0.15) is 5.10 Å². The minimum absolute atomic E-state index is 0.221. The maximum atomic E-state index is 10.8. The molecule has 0 atom stereocenters. The van der Waals surface area contributed by atoms with E-state index in [-0.39, 0.29) is 5.69 Å². The van der Waals surface area contributed by atoms with E-state index in [0.717, 1.165) is 25.7 Å². The summed E-state index contributed by atoms with van der Waals surface area (Å²) in [5, 5.41) is 16.2. The van der Waals surface area contributed by atoms with Crippen LogP contribution in [0.4, 0.5) is 0 Å². The molecule has 1 aromatic rings. The van der Waals surface area contributed by atoms with Gasteiger partial charge in [0.1, 0.15) is 5.69 Å². The first kappa shape index (κ1) is 13.1. The van der Waals surface area contributed by atoms with Gasteiger partial charge in [0, 0.05) is 24.2 Å². The van der Waals surface area contributed by atoms with Gasteiger partial charge in [-0.05, 0) is 24.4 Å². The van der Waals surface area contributed by atoms with Crippen LogP contribution >= 0.6 is 0 Å². The van der Waals surface area contributed by atoms with Gasteiger partial charge in [-0.15, -0.1) is 0 Å². The Balaban J connectivity index is 2.20. The van der Waals surface area contributed by atoms with Crippen LogP contribution < -0.4 is 0 Å². The third-order valence-electron chi connectivity index (χ3n) is 2.38. The smallest absolute Gasteiger partial charge is 0.354 e. The summed E-state index contributed by atoms with van der Waals surface area (Å²) in [6.45, 7) is 1.13. The summed E-state index contributed by atoms with van der Waals surface area (Å²) in [6.07, 6.45) is 5.18. The molecule has 0 amide bonds. The first-order valence-corrected chi connectivity index (χ1v) is 5.51. The summed E-state index contributed by atoms with van der Waals surface area (Å²) in [4.78, 5) is 13.5. The van der Waals surface area contributed by atoms with Crippen molar-refractivity contribution in [2.24, 2.45) is 5.11 Å². The predicted molar refractivity (Wildman–Crippen MR) is 61.7 cm³/mol. The second-order valence-corrected chi connectivity index (χ2v) is 3.61. The van der Waals surface area contributed by atoms with Crippen molar-refractivity contribution >= 4 is 5.97 Å². The van der Waals surface area contributed by atoms with Crippen molar-refractivity contribution in [2.45, 2.75) is 32.2 Å². The zero-order chi connectivity index (χ0) is 12.5. The molecule has 92 valence electrons. The Morgan fingerprint density at radius 1 is 1.47 bits per heavy atom. The van der Waals surface area contributed by atoms with E-state index in [2.05, 4.69) is 15.1 Å². The summed E-state index contributed by atoms with van der Waals surface area (Å²) in [7, 11) is 0. The van der Waals surface area contributed by atoms with Gasteiger partial charge in [-0.1, -0.05) is 18.0 Å². The summed E-state index contributed by atoms with van der Waals surface area (Å²) in [5.74, 6) is -0.953. The Bertz CT molecular complexity index is 409. The standard InChI is InChI=1S/C10H15N5O2/c11-14-12-6-3-1-2-4-8-15-9(10(16)17)5-7-13-15/h5,7H,1-4,6,8H2,(H,16,17). The van der Waals surface area contributed by atoms with Crippen LogP contribution in [-0.4, -0.2) is 27.4 Å². The van der Waals surface area contributed by atoms with Crippen molar-refractivity contribution in [1.82, 2.24) is 9.78 Å². The maximum Gasteiger partial charge on any atom is 0.354 e. The number of carboxylic acid groups (broad SMARTS) is 1. The predicted octanol–water partition coefficient (Wildman–Crippen LogP) is 2.45. The number of aryl methyl sites for hydroxylation is 1. The van der Waals surface area contributed by atoms with Crippen LogP contribution in [0.2, 0.25) is 0 Å². The van der Waals surface area contributed by atoms with Crippen LogP contribution in [-0.2, 0) is 6.54 Å². The molecule has 0 saturated heterocycles. The summed E-state index contributed by atoms with van der Waals surface area (Å²) in [5.41, 5.74) is 8.29. The molecular weight excluding hydrogens is 222 g/mol. The highest BCUT2D eigenvalue weighted by Crippen LogP contribution is 2.05. The lowest BCUT2D eigenvalue weighted by Crippen LogP contribution is -2.10. The summed E-state index contributed by atoms with van der Waals surface area (Å²) in [6, 6.07) is 1.49. The van der Waals surface area contributed by atoms with E-state index in [1.165, 1.54) is 16.9 Å². The first-order valence-electron chi connectivity index (χ1n) is 5.51. The quantitative estimate of drug-likeness (QED) is 0.325. The lowest BCUT2D eigenvalue weighted by molar-refractivity contribution is 0.0683. The third kappa shape index (κ3) is 4.56. The molecule has 0 aromatic carbocycles. The lowest BCUT2D eigenvalue weighted by Gasteiger charge is -2.03. The van der Waals surface area contributed by atoms with E-state index in [0.29, 0.717) is 13.1 Å². The van der Waals surface area contributed by atoms with Gasteiger partial charge in [0.2, 0.25) is 0 Å². The number of unbranched alkanes of at least 4 members (excludes halogenated alkanes) is 3. The molecular formula is C10H15N5O2. The highest BCUT2D eigenvalue weighted by molar-refractivity contribution is 5.85. The SMILES string of the molecule is [N-]=[N+]=NCCCCCCn1nccc1C(=O)O. The van der Waals surface area contributed by atoms with E-state index in [9.17, 15) is 4.79 Å². The zero-order valence-electron chi connectivity index (χ0n) is 9.49. The minimum Gasteiger partial charge on any atom is -0.477 e. The number of rotatable bonds is 8. The molecule has 0 unspecified atom stereocenters. The van der Waals surface area contributed by atoms with Crippen molar-refractivity contribution < 1.29 is 9.90 Å². The molecule has 0 saturated carbocycles. The normalized spacial score (nSPS) is 9.88. The molecule has 0 bridgehead atoms. The van der Waals surface area contributed by atoms with Gasteiger partial charge in [0.05, 0.1) is 0 Å². The fourth-order valence-electron chi connectivity index (χ4n) is 1.53. The largest absolute Gasteiger partial charge is 0.477 e. The number of carbonyl (C=O) groups is 1. The second-order valence-electron chi connectivity index (χ2n) is 3.61. The molecule has 7 nitrogen and oxygen atoms in total. The number of aromatic nitrogens is 2. The van der Waals surface area contributed by atoms with Crippen molar-refractivity contribution in [3.05, 3.63) is 28.4 Å². The minimum atomic E-state index is -0.953. The van der Waals surface area contributed by atoms with Crippen LogP contribution in [0.1, 0.15) is 36.2 Å². The molecule has 17 heavy (non-hydrogen) atoms. The third-order valence-corrected chi connectivity index (χ3v) is 2.38. The first-order chi connectivity index (χ1) is 8.25. The average molecular weight is 237 g/mol. The second kappa shape index (κ2) is 7.29. The molecule has 1 heterocycles. The molecule has 1 aromatic heterocycles. The van der Waals surface area contributed by atoms with Crippen molar-refractivity contribution in [3.8, 4) is 0 Å². The molecule has 0 aliphatic heterocycles. The molecule has 1 N–H and O–H groups in total. The van der Waals surface area contributed by atoms with Gasteiger partial charge in [-0.25, -0.2) is 4.79 Å². The molecule has 7 heteroatoms. The topological polar surface area (TPSA) is 104 Å². The van der Waals surface area contributed by atoms with Crippen LogP contribution in [0, 0.1) is 0 Å². The van der Waals surface area contributed by atoms with Crippen molar-refractivity contribution in [3.63, 3.8) is 0 Å². The van der Waals surface area contributed by atoms with E-state index in [1.54, 1.807) is 0 Å². The Morgan fingerprint density at radius 3 is 2.94 bits per heavy atom. The fraction of sp³-hybridized carbons (Fsp3) is 0.600. The van der Waals surface area contributed by atoms with Crippen LogP contribution in [0.5, 0.6) is 0 Å². The lowest BCUT2D eigenvalue weighted by atomic mass is 10.2. The fourth-order valence-corrected chi connectivity index (χ4v) is 1.53. The van der Waals surface area contributed by atoms with Gasteiger partial charge < -0.3 is 5.11 Å². The highest BCUT2D eigenvalue weighted by atomic mass is 16.4. The summed E-state index contributed by atoms with van der Waals surface area (Å²) < 4.78 is 1.50. The zero-order valence-corrected chi connectivity index (χ0v) is 9.49. The monoisotopic (exact) mass is 237 g/mol. The number of carboxylic acids is 1. The van der Waals surface area contributed by atoms with E-state index in [4.69, 9.17) is 10.6 Å². The van der Waals surface area contributed by atoms with Gasteiger partial charge in [-0.3, -0.25) is 4.68 Å². The number of azide groups is 1. The van der Waals surface area contributed by atoms with Gasteiger partial charge in [0.25, 0.3) is 0 Å². The van der Waals surface area contributed by atoms with Crippen molar-refractivity contribution in [2.75, 3.05) is 6.54 Å². The summed E-state index contributed by atoms with van der Waals surface area (Å²) >= 11 is 0. The highest BCUT2D eigenvalue weighted by Gasteiger charge is 2.08. The molecule has 1 rings (SSSR count). The maximum absolute atomic E-state index is 10.8. The Hall–Kier alpha value is -2.01. The average Bonchev–Trinajstić information content (AvgIpc) is 2.76. The van der Waals surface area contributed by atoms with E-state index >= 15 is 0 Å². The van der Waals surface area contributed by atoms with Gasteiger partial charge >= 0.3 is 5.97 Å². The van der Waals surface area contributed by atoms with E-state index in [1.807, 2.05) is 0 Å². The van der Waals surface area contributed by atoms with Crippen LogP contribution in [0.15, 0.2) is 17.4 Å². The molecule has 0 spiro atoms. The molecule has 0 radical (unpaired) electrons. The van der Waals surface area contributed by atoms with Gasteiger partial charge in [0.15, 0.2) is 0 Å². The molecule has 0 aliphatic rings. The Kier molecular flexibility index (Phi) is 5.60. The Morgan fingerprint density at radius 2 is 2.24 bits per heavy atom. The van der Waals surface area contributed by atoms with Crippen LogP contribution in [0.3, 0.4) is 0 Å². The molecule has 0 aliphatic carbocycles. The Labute approximate surface area is 98.7 Å². The number of nitrogens with zero attached hydrogens (tertiary/aromatic N) is 5. The number of aromatic carboxylic acids is 1. The van der Waals surface area contributed by atoms with Crippen LogP contribution in [0.25, 0.3) is 10.4 Å². The number of hydrogen-bond donors (Lipinski definition) is 1. The van der Waals surface area contributed by atoms with Crippen molar-refractivity contribution in [1.29, 1.82) is 0 Å². The molecule has 0 fully saturated rings. The number of hydrogen-bond acceptors (Lipinski definition) is 3.